The minimum atomic E-state index is 0.420. The Morgan fingerprint density at radius 1 is 1.44 bits per heavy atom. The molecule has 3 rings (SSSR count). The van der Waals surface area contributed by atoms with E-state index < -0.39 is 0 Å². The summed E-state index contributed by atoms with van der Waals surface area (Å²) in [7, 11) is 0. The first-order valence-electron chi connectivity index (χ1n) is 5.96. The Bertz CT molecular complexity index is 648. The number of nitriles is 1. The van der Waals surface area contributed by atoms with Crippen LogP contribution in [0.3, 0.4) is 0 Å². The summed E-state index contributed by atoms with van der Waals surface area (Å²) in [4.78, 5) is 0. The van der Waals surface area contributed by atoms with E-state index in [2.05, 4.69) is 11.2 Å². The summed E-state index contributed by atoms with van der Waals surface area (Å²) in [5.41, 5.74) is 3.43. The zero-order valence-corrected chi connectivity index (χ0v) is 10.8. The number of aromatic nitrogens is 2. The van der Waals surface area contributed by atoms with E-state index in [4.69, 9.17) is 11.6 Å². The molecule has 18 heavy (non-hydrogen) atoms. The molecule has 1 fully saturated rings. The van der Waals surface area contributed by atoms with Gasteiger partial charge in [0.15, 0.2) is 5.15 Å². The number of nitrogens with zero attached hydrogens (tertiary/aromatic N) is 3. The zero-order valence-electron chi connectivity index (χ0n) is 10.0. The monoisotopic (exact) mass is 257 g/mol. The first-order chi connectivity index (χ1) is 8.70. The third kappa shape index (κ3) is 1.79. The van der Waals surface area contributed by atoms with E-state index in [9.17, 15) is 5.26 Å². The van der Waals surface area contributed by atoms with E-state index in [-0.39, 0.29) is 0 Å². The Hall–Kier alpha value is -1.79. The van der Waals surface area contributed by atoms with Crippen LogP contribution in [-0.4, -0.2) is 9.78 Å². The maximum atomic E-state index is 9.20. The molecule has 0 aliphatic heterocycles. The lowest BCUT2D eigenvalue weighted by atomic mass is 10.2. The molecular weight excluding hydrogens is 246 g/mol. The van der Waals surface area contributed by atoms with E-state index in [1.165, 1.54) is 0 Å². The highest BCUT2D eigenvalue weighted by Gasteiger charge is 2.31. The number of hydrogen-bond acceptors (Lipinski definition) is 2. The number of halogens is 1. The number of benzene rings is 1. The summed E-state index contributed by atoms with van der Waals surface area (Å²) in [5, 5.41) is 14.1. The molecule has 1 heterocycles. The van der Waals surface area contributed by atoms with Crippen molar-refractivity contribution in [3.63, 3.8) is 0 Å². The summed E-state index contributed by atoms with van der Waals surface area (Å²) < 4.78 is 1.67. The van der Waals surface area contributed by atoms with Crippen molar-refractivity contribution in [2.24, 2.45) is 0 Å². The predicted octanol–water partition coefficient (Wildman–Crippen LogP) is 3.58. The van der Waals surface area contributed by atoms with Gasteiger partial charge in [-0.15, -0.1) is 0 Å². The van der Waals surface area contributed by atoms with Gasteiger partial charge < -0.3 is 0 Å². The second-order valence-electron chi connectivity index (χ2n) is 4.69. The van der Waals surface area contributed by atoms with Gasteiger partial charge in [0.25, 0.3) is 0 Å². The van der Waals surface area contributed by atoms with Crippen molar-refractivity contribution in [3.05, 3.63) is 46.2 Å². The topological polar surface area (TPSA) is 41.6 Å². The Morgan fingerprint density at radius 3 is 2.83 bits per heavy atom. The van der Waals surface area contributed by atoms with Gasteiger partial charge in [0.2, 0.25) is 0 Å². The van der Waals surface area contributed by atoms with Crippen LogP contribution in [0.4, 0.5) is 0 Å². The largest absolute Gasteiger partial charge is 0.221 e. The summed E-state index contributed by atoms with van der Waals surface area (Å²) in [6.07, 6.45) is 2.21. The minimum Gasteiger partial charge on any atom is -0.221 e. The number of hydrogen-bond donors (Lipinski definition) is 0. The van der Waals surface area contributed by atoms with Gasteiger partial charge in [-0.05, 0) is 37.5 Å². The van der Waals surface area contributed by atoms with E-state index in [0.29, 0.717) is 16.6 Å². The van der Waals surface area contributed by atoms with Crippen LogP contribution in [0.25, 0.3) is 5.69 Å². The van der Waals surface area contributed by atoms with Gasteiger partial charge in [0, 0.05) is 5.92 Å². The average molecular weight is 258 g/mol. The lowest BCUT2D eigenvalue weighted by Crippen LogP contribution is -1.97. The highest BCUT2D eigenvalue weighted by Crippen LogP contribution is 2.42. The molecule has 3 nitrogen and oxygen atoms in total. The van der Waals surface area contributed by atoms with Gasteiger partial charge in [-0.25, -0.2) is 4.68 Å². The van der Waals surface area contributed by atoms with E-state index in [0.717, 1.165) is 29.8 Å². The van der Waals surface area contributed by atoms with Crippen LogP contribution in [0.2, 0.25) is 5.15 Å². The van der Waals surface area contributed by atoms with Crippen molar-refractivity contribution in [2.75, 3.05) is 0 Å². The smallest absolute Gasteiger partial charge is 0.150 e. The lowest BCUT2D eigenvalue weighted by Gasteiger charge is -2.03. The fourth-order valence-corrected chi connectivity index (χ4v) is 2.36. The summed E-state index contributed by atoms with van der Waals surface area (Å²) >= 11 is 6.27. The third-order valence-electron chi connectivity index (χ3n) is 3.18. The molecule has 1 aromatic carbocycles. The Balaban J connectivity index is 2.16. The second kappa shape index (κ2) is 4.15. The molecule has 1 aliphatic carbocycles. The molecule has 1 saturated carbocycles. The van der Waals surface area contributed by atoms with Gasteiger partial charge in [-0.3, -0.25) is 0 Å². The van der Waals surface area contributed by atoms with Crippen LogP contribution in [0.5, 0.6) is 0 Å². The van der Waals surface area contributed by atoms with Crippen molar-refractivity contribution >= 4 is 11.6 Å². The highest BCUT2D eigenvalue weighted by molar-refractivity contribution is 6.31. The third-order valence-corrected chi connectivity index (χ3v) is 3.53. The molecule has 1 aliphatic rings. The second-order valence-corrected chi connectivity index (χ2v) is 5.05. The molecule has 1 aromatic heterocycles. The number of aryl methyl sites for hydroxylation is 1. The van der Waals surface area contributed by atoms with Crippen molar-refractivity contribution in [1.29, 1.82) is 5.26 Å². The predicted molar refractivity (Wildman–Crippen MR) is 70.0 cm³/mol. The first-order valence-corrected chi connectivity index (χ1v) is 6.34. The zero-order chi connectivity index (χ0) is 12.7. The van der Waals surface area contributed by atoms with Crippen LogP contribution in [0.15, 0.2) is 24.3 Å². The van der Waals surface area contributed by atoms with Gasteiger partial charge >= 0.3 is 0 Å². The van der Waals surface area contributed by atoms with Crippen molar-refractivity contribution < 1.29 is 0 Å². The molecular formula is C14H12ClN3. The highest BCUT2D eigenvalue weighted by atomic mass is 35.5. The summed E-state index contributed by atoms with van der Waals surface area (Å²) in [6.45, 7) is 2.02. The Morgan fingerprint density at radius 2 is 2.22 bits per heavy atom. The Kier molecular flexibility index (Phi) is 2.61. The first kappa shape index (κ1) is 11.3. The molecule has 0 amide bonds. The van der Waals surface area contributed by atoms with Crippen LogP contribution in [0, 0.1) is 18.3 Å². The van der Waals surface area contributed by atoms with Crippen molar-refractivity contribution in [1.82, 2.24) is 9.78 Å². The van der Waals surface area contributed by atoms with Gasteiger partial charge in [-0.1, -0.05) is 23.7 Å². The maximum absolute atomic E-state index is 9.20. The molecule has 0 bridgehead atoms. The molecule has 0 saturated heterocycles. The van der Waals surface area contributed by atoms with Crippen molar-refractivity contribution in [3.8, 4) is 11.8 Å². The molecule has 0 radical (unpaired) electrons. The lowest BCUT2D eigenvalue weighted by molar-refractivity contribution is 0.837. The fraction of sp³-hybridized carbons (Fsp3) is 0.286. The van der Waals surface area contributed by atoms with Gasteiger partial charge in [0.1, 0.15) is 11.6 Å². The van der Waals surface area contributed by atoms with E-state index >= 15 is 0 Å². The average Bonchev–Trinajstić information content (AvgIpc) is 3.13. The van der Waals surface area contributed by atoms with Gasteiger partial charge in [-0.2, -0.15) is 10.4 Å². The molecule has 4 heteroatoms. The molecule has 0 N–H and O–H groups in total. The van der Waals surface area contributed by atoms with E-state index in [1.807, 2.05) is 31.2 Å². The minimum absolute atomic E-state index is 0.420. The van der Waals surface area contributed by atoms with Gasteiger partial charge in [0.05, 0.1) is 11.4 Å². The van der Waals surface area contributed by atoms with Crippen LogP contribution in [-0.2, 0) is 0 Å². The summed E-state index contributed by atoms with van der Waals surface area (Å²) in [5.74, 6) is 0.420. The summed E-state index contributed by atoms with van der Waals surface area (Å²) in [6, 6.07) is 10.1. The molecule has 0 unspecified atom stereocenters. The molecule has 0 atom stereocenters. The molecule has 2 aromatic rings. The van der Waals surface area contributed by atoms with Crippen molar-refractivity contribution in [2.45, 2.75) is 25.7 Å². The van der Waals surface area contributed by atoms with Crippen LogP contribution in [0.1, 0.15) is 35.6 Å². The normalized spacial score (nSPS) is 14.5. The Labute approximate surface area is 111 Å². The van der Waals surface area contributed by atoms with Crippen LogP contribution < -0.4 is 0 Å². The fourth-order valence-electron chi connectivity index (χ4n) is 2.09. The number of rotatable bonds is 2. The van der Waals surface area contributed by atoms with E-state index in [1.54, 1.807) is 4.68 Å². The maximum Gasteiger partial charge on any atom is 0.150 e. The standard InChI is InChI=1S/C14H12ClN3/c1-9-3-2-4-11(7-9)18-14(15)12(8-16)13(17-18)10-5-6-10/h2-4,7,10H,5-6H2,1H3. The quantitative estimate of drug-likeness (QED) is 0.825. The molecule has 0 spiro atoms. The SMILES string of the molecule is Cc1cccc(-n2nc(C3CC3)c(C#N)c2Cl)c1. The van der Waals surface area contributed by atoms with Crippen LogP contribution >= 0.6 is 11.6 Å². The molecule has 90 valence electrons.